The van der Waals surface area contributed by atoms with E-state index in [0.29, 0.717) is 17.5 Å². The largest absolute Gasteiger partial charge is 0.208 e. The summed E-state index contributed by atoms with van der Waals surface area (Å²) < 4.78 is 0. The van der Waals surface area contributed by atoms with Gasteiger partial charge in [0.15, 0.2) is 17.5 Å². The fourth-order valence-corrected chi connectivity index (χ4v) is 6.61. The summed E-state index contributed by atoms with van der Waals surface area (Å²) in [7, 11) is 0. The predicted octanol–water partition coefficient (Wildman–Crippen LogP) is 10.5. The molecule has 1 aromatic heterocycles. The standard InChI is InChI=1S/C42H31N3/c1-42(2)36-21-10-9-19-35(36)38-34(20-12-22-37(38)42)32-17-11-18-33(27-32)41-44-39(30-15-7-4-8-16-30)43-40(45-41)31-25-23-29(24-26-31)28-13-5-3-6-14-28/h3-27H,1-2H3. The fraction of sp³-hybridized carbons (Fsp3) is 0.0714. The molecular weight excluding hydrogens is 546 g/mol. The van der Waals surface area contributed by atoms with E-state index in [1.165, 1.54) is 33.4 Å². The minimum atomic E-state index is -0.0523. The van der Waals surface area contributed by atoms with Gasteiger partial charge in [0.2, 0.25) is 0 Å². The van der Waals surface area contributed by atoms with Crippen LogP contribution in [0.5, 0.6) is 0 Å². The van der Waals surface area contributed by atoms with Gasteiger partial charge in [0.05, 0.1) is 0 Å². The minimum absolute atomic E-state index is 0.0523. The first kappa shape index (κ1) is 26.9. The van der Waals surface area contributed by atoms with Gasteiger partial charge < -0.3 is 0 Å². The predicted molar refractivity (Wildman–Crippen MR) is 185 cm³/mol. The molecule has 0 saturated heterocycles. The molecule has 1 aliphatic rings. The molecule has 0 radical (unpaired) electrons. The molecule has 0 spiro atoms. The number of nitrogens with zero attached hydrogens (tertiary/aromatic N) is 3. The zero-order valence-corrected chi connectivity index (χ0v) is 25.3. The van der Waals surface area contributed by atoms with Crippen molar-refractivity contribution in [1.29, 1.82) is 0 Å². The highest BCUT2D eigenvalue weighted by Crippen LogP contribution is 2.52. The van der Waals surface area contributed by atoms with Crippen molar-refractivity contribution < 1.29 is 0 Å². The highest BCUT2D eigenvalue weighted by molar-refractivity contribution is 5.93. The van der Waals surface area contributed by atoms with Gasteiger partial charge in [-0.3, -0.25) is 0 Å². The van der Waals surface area contributed by atoms with Gasteiger partial charge in [-0.15, -0.1) is 0 Å². The molecule has 0 saturated carbocycles. The van der Waals surface area contributed by atoms with Crippen molar-refractivity contribution in [2.75, 3.05) is 0 Å². The van der Waals surface area contributed by atoms with Crippen LogP contribution in [0, 0.1) is 0 Å². The summed E-state index contributed by atoms with van der Waals surface area (Å²) in [4.78, 5) is 15.0. The van der Waals surface area contributed by atoms with Crippen molar-refractivity contribution >= 4 is 0 Å². The third-order valence-electron chi connectivity index (χ3n) is 8.96. The molecule has 214 valence electrons. The number of hydrogen-bond donors (Lipinski definition) is 0. The van der Waals surface area contributed by atoms with E-state index in [9.17, 15) is 0 Å². The van der Waals surface area contributed by atoms with Crippen molar-refractivity contribution in [3.8, 4) is 67.5 Å². The molecule has 1 aliphatic carbocycles. The molecule has 0 atom stereocenters. The molecule has 1 heterocycles. The van der Waals surface area contributed by atoms with E-state index in [4.69, 9.17) is 15.0 Å². The number of rotatable bonds is 5. The van der Waals surface area contributed by atoms with Crippen LogP contribution in [0.2, 0.25) is 0 Å². The van der Waals surface area contributed by atoms with E-state index in [1.807, 2.05) is 36.4 Å². The third kappa shape index (κ3) is 4.74. The Morgan fingerprint density at radius 3 is 1.51 bits per heavy atom. The Bertz CT molecular complexity index is 2170. The quantitative estimate of drug-likeness (QED) is 0.204. The summed E-state index contributed by atoms with van der Waals surface area (Å²) in [5.41, 5.74) is 12.9. The summed E-state index contributed by atoms with van der Waals surface area (Å²) in [5.74, 6) is 1.96. The molecule has 6 aromatic carbocycles. The highest BCUT2D eigenvalue weighted by atomic mass is 15.0. The van der Waals surface area contributed by atoms with Crippen molar-refractivity contribution in [1.82, 2.24) is 15.0 Å². The minimum Gasteiger partial charge on any atom is -0.208 e. The van der Waals surface area contributed by atoms with E-state index >= 15 is 0 Å². The average molecular weight is 578 g/mol. The van der Waals surface area contributed by atoms with Crippen molar-refractivity contribution in [2.24, 2.45) is 0 Å². The van der Waals surface area contributed by atoms with Gasteiger partial charge in [0.25, 0.3) is 0 Å². The molecule has 7 aromatic rings. The monoisotopic (exact) mass is 577 g/mol. The molecule has 3 heteroatoms. The van der Waals surface area contributed by atoms with Crippen LogP contribution in [0.4, 0.5) is 0 Å². The normalized spacial score (nSPS) is 12.8. The lowest BCUT2D eigenvalue weighted by molar-refractivity contribution is 0.660. The smallest absolute Gasteiger partial charge is 0.164 e. The molecule has 0 N–H and O–H groups in total. The lowest BCUT2D eigenvalue weighted by Gasteiger charge is -2.21. The molecule has 0 unspecified atom stereocenters. The SMILES string of the molecule is CC1(C)c2ccccc2-c2c(-c3cccc(-c4nc(-c5ccccc5)nc(-c5ccc(-c6ccccc6)cc5)n4)c3)cccc21. The maximum atomic E-state index is 5.05. The first-order valence-electron chi connectivity index (χ1n) is 15.4. The van der Waals surface area contributed by atoms with Crippen LogP contribution in [-0.2, 0) is 5.41 Å². The van der Waals surface area contributed by atoms with Crippen LogP contribution < -0.4 is 0 Å². The molecule has 0 aliphatic heterocycles. The van der Waals surface area contributed by atoms with E-state index in [2.05, 4.69) is 129 Å². The van der Waals surface area contributed by atoms with E-state index in [1.54, 1.807) is 0 Å². The van der Waals surface area contributed by atoms with Crippen LogP contribution >= 0.6 is 0 Å². The summed E-state index contributed by atoms with van der Waals surface area (Å²) in [6, 6.07) is 53.1. The van der Waals surface area contributed by atoms with E-state index < -0.39 is 0 Å². The van der Waals surface area contributed by atoms with Gasteiger partial charge >= 0.3 is 0 Å². The van der Waals surface area contributed by atoms with Crippen molar-refractivity contribution in [2.45, 2.75) is 19.3 Å². The average Bonchev–Trinajstić information content (AvgIpc) is 3.35. The fourth-order valence-electron chi connectivity index (χ4n) is 6.61. The number of hydrogen-bond acceptors (Lipinski definition) is 3. The molecule has 0 fully saturated rings. The molecular formula is C42H31N3. The van der Waals surface area contributed by atoms with Gasteiger partial charge in [-0.1, -0.05) is 159 Å². The zero-order chi connectivity index (χ0) is 30.4. The van der Waals surface area contributed by atoms with Crippen molar-refractivity contribution in [3.05, 3.63) is 163 Å². The first-order valence-corrected chi connectivity index (χ1v) is 15.4. The second-order valence-corrected chi connectivity index (χ2v) is 12.1. The summed E-state index contributed by atoms with van der Waals surface area (Å²) in [6.45, 7) is 4.64. The Morgan fingerprint density at radius 2 is 0.800 bits per heavy atom. The Hall–Kier alpha value is -5.67. The Balaban J connectivity index is 1.25. The number of benzene rings is 6. The van der Waals surface area contributed by atoms with Gasteiger partial charge in [0, 0.05) is 22.1 Å². The van der Waals surface area contributed by atoms with Gasteiger partial charge in [-0.25, -0.2) is 15.0 Å². The maximum Gasteiger partial charge on any atom is 0.164 e. The number of fused-ring (bicyclic) bond motifs is 3. The van der Waals surface area contributed by atoms with Crippen LogP contribution in [0.15, 0.2) is 152 Å². The molecule has 3 nitrogen and oxygen atoms in total. The van der Waals surface area contributed by atoms with Gasteiger partial charge in [-0.2, -0.15) is 0 Å². The van der Waals surface area contributed by atoms with E-state index in [0.717, 1.165) is 27.8 Å². The summed E-state index contributed by atoms with van der Waals surface area (Å²) >= 11 is 0. The Kier molecular flexibility index (Phi) is 6.46. The van der Waals surface area contributed by atoms with Gasteiger partial charge in [0.1, 0.15) is 0 Å². The van der Waals surface area contributed by atoms with Crippen LogP contribution in [0.1, 0.15) is 25.0 Å². The van der Waals surface area contributed by atoms with E-state index in [-0.39, 0.29) is 5.41 Å². The first-order chi connectivity index (χ1) is 22.1. The second kappa shape index (κ2) is 10.8. The third-order valence-corrected chi connectivity index (χ3v) is 8.96. The highest BCUT2D eigenvalue weighted by Gasteiger charge is 2.36. The lowest BCUT2D eigenvalue weighted by Crippen LogP contribution is -2.14. The Morgan fingerprint density at radius 1 is 0.356 bits per heavy atom. The lowest BCUT2D eigenvalue weighted by atomic mass is 9.82. The molecule has 8 rings (SSSR count). The van der Waals surface area contributed by atoms with Gasteiger partial charge in [-0.05, 0) is 50.6 Å². The maximum absolute atomic E-state index is 5.05. The molecule has 0 amide bonds. The zero-order valence-electron chi connectivity index (χ0n) is 25.3. The second-order valence-electron chi connectivity index (χ2n) is 12.1. The Labute approximate surface area is 264 Å². The van der Waals surface area contributed by atoms with Crippen LogP contribution in [0.3, 0.4) is 0 Å². The summed E-state index contributed by atoms with van der Waals surface area (Å²) in [6.07, 6.45) is 0. The van der Waals surface area contributed by atoms with Crippen LogP contribution in [-0.4, -0.2) is 15.0 Å². The van der Waals surface area contributed by atoms with Crippen LogP contribution in [0.25, 0.3) is 67.5 Å². The molecule has 45 heavy (non-hydrogen) atoms. The topological polar surface area (TPSA) is 38.7 Å². The summed E-state index contributed by atoms with van der Waals surface area (Å²) in [5, 5.41) is 0. The van der Waals surface area contributed by atoms with Crippen molar-refractivity contribution in [3.63, 3.8) is 0 Å². The molecule has 0 bridgehead atoms. The number of aromatic nitrogens is 3.